The van der Waals surface area contributed by atoms with Gasteiger partial charge in [-0.3, -0.25) is 19.6 Å². The quantitative estimate of drug-likeness (QED) is 0.258. The molecule has 2 aliphatic heterocycles. The number of cyclic esters (lactones) is 1. The van der Waals surface area contributed by atoms with Crippen LogP contribution in [0.5, 0.6) is 0 Å². The third-order valence-electron chi connectivity index (χ3n) is 7.52. The van der Waals surface area contributed by atoms with Crippen LogP contribution in [-0.4, -0.2) is 50.5 Å². The van der Waals surface area contributed by atoms with Crippen molar-refractivity contribution >= 4 is 34.8 Å². The summed E-state index contributed by atoms with van der Waals surface area (Å²) in [5, 5.41) is 0.752. The summed E-state index contributed by atoms with van der Waals surface area (Å²) in [6.07, 6.45) is 6.82. The third-order valence-corrected chi connectivity index (χ3v) is 7.52. The second-order valence-corrected chi connectivity index (χ2v) is 9.95. The first-order valence-corrected chi connectivity index (χ1v) is 13.4. The van der Waals surface area contributed by atoms with E-state index in [2.05, 4.69) is 4.98 Å². The van der Waals surface area contributed by atoms with Gasteiger partial charge in [-0.05, 0) is 29.3 Å². The Kier molecular flexibility index (Phi) is 6.20. The van der Waals surface area contributed by atoms with Crippen molar-refractivity contribution in [1.82, 2.24) is 19.9 Å². The van der Waals surface area contributed by atoms with E-state index in [-0.39, 0.29) is 18.6 Å². The van der Waals surface area contributed by atoms with E-state index in [1.54, 1.807) is 22.2 Å². The zero-order chi connectivity index (χ0) is 27.8. The zero-order valence-corrected chi connectivity index (χ0v) is 21.9. The van der Waals surface area contributed by atoms with Crippen LogP contribution >= 0.6 is 0 Å². The number of rotatable bonds is 6. The van der Waals surface area contributed by atoms with Gasteiger partial charge in [0.15, 0.2) is 5.82 Å². The molecule has 3 aromatic carbocycles. The lowest BCUT2D eigenvalue weighted by Gasteiger charge is -2.49. The first-order valence-electron chi connectivity index (χ1n) is 13.4. The van der Waals surface area contributed by atoms with Gasteiger partial charge < -0.3 is 4.74 Å². The molecule has 0 unspecified atom stereocenters. The van der Waals surface area contributed by atoms with Crippen LogP contribution in [0.2, 0.25) is 0 Å². The molecular weight excluding hydrogens is 514 g/mol. The molecule has 0 radical (unpaired) electrons. The summed E-state index contributed by atoms with van der Waals surface area (Å²) in [6, 6.07) is 29.1. The fraction of sp³-hybridized carbons (Fsp3) is 0.121. The fourth-order valence-corrected chi connectivity index (χ4v) is 5.53. The highest BCUT2D eigenvalue weighted by Gasteiger charge is 2.56. The number of hydrogen-bond donors (Lipinski definition) is 0. The lowest BCUT2D eigenvalue weighted by molar-refractivity contribution is -0.130. The third kappa shape index (κ3) is 4.39. The molecule has 7 rings (SSSR count). The van der Waals surface area contributed by atoms with Crippen LogP contribution in [0.15, 0.2) is 116 Å². The number of amides is 2. The fourth-order valence-electron chi connectivity index (χ4n) is 5.53. The van der Waals surface area contributed by atoms with Crippen molar-refractivity contribution in [2.45, 2.75) is 18.1 Å². The summed E-state index contributed by atoms with van der Waals surface area (Å²) >= 11 is 0. The van der Waals surface area contributed by atoms with E-state index >= 15 is 0 Å². The maximum Gasteiger partial charge on any atom is 0.411 e. The second kappa shape index (κ2) is 10.3. The molecule has 2 fully saturated rings. The van der Waals surface area contributed by atoms with Crippen molar-refractivity contribution in [1.29, 1.82) is 0 Å². The van der Waals surface area contributed by atoms with Gasteiger partial charge in [-0.1, -0.05) is 91.0 Å². The van der Waals surface area contributed by atoms with Crippen molar-refractivity contribution in [2.24, 2.45) is 0 Å². The maximum atomic E-state index is 14.2. The molecule has 8 heteroatoms. The van der Waals surface area contributed by atoms with E-state index in [1.165, 1.54) is 0 Å². The summed E-state index contributed by atoms with van der Waals surface area (Å²) in [4.78, 5) is 44.4. The summed E-state index contributed by atoms with van der Waals surface area (Å²) in [5.74, 6) is 0.794. The van der Waals surface area contributed by atoms with E-state index < -0.39 is 18.2 Å². The number of β-lactam (4-membered cyclic amide) rings is 1. The minimum absolute atomic E-state index is 0.181. The van der Waals surface area contributed by atoms with E-state index in [0.717, 1.165) is 27.6 Å². The molecular formula is C33H25N5O3. The number of aromatic nitrogens is 3. The van der Waals surface area contributed by atoms with Crippen LogP contribution in [0.25, 0.3) is 28.4 Å². The highest BCUT2D eigenvalue weighted by molar-refractivity contribution is 6.11. The molecule has 4 heterocycles. The highest BCUT2D eigenvalue weighted by Crippen LogP contribution is 2.41. The number of para-hydroxylation sites is 1. The zero-order valence-electron chi connectivity index (χ0n) is 21.9. The van der Waals surface area contributed by atoms with Gasteiger partial charge in [0.05, 0.1) is 17.6 Å². The molecule has 0 aliphatic carbocycles. The summed E-state index contributed by atoms with van der Waals surface area (Å²) < 4.78 is 5.49. The molecule has 41 heavy (non-hydrogen) atoms. The van der Waals surface area contributed by atoms with Gasteiger partial charge in [-0.25, -0.2) is 14.8 Å². The Morgan fingerprint density at radius 3 is 2.37 bits per heavy atom. The van der Waals surface area contributed by atoms with Crippen molar-refractivity contribution in [2.75, 3.05) is 11.5 Å². The summed E-state index contributed by atoms with van der Waals surface area (Å²) in [5.41, 5.74) is 3.37. The molecule has 0 spiro atoms. The first kappa shape index (κ1) is 24.7. The Morgan fingerprint density at radius 1 is 0.829 bits per heavy atom. The number of ether oxygens (including phenoxy) is 1. The largest absolute Gasteiger partial charge is 0.447 e. The summed E-state index contributed by atoms with van der Waals surface area (Å²) in [6.45, 7) is 0.181. The van der Waals surface area contributed by atoms with E-state index in [1.807, 2.05) is 109 Å². The molecule has 0 saturated carbocycles. The molecule has 3 atom stereocenters. The maximum absolute atomic E-state index is 14.2. The van der Waals surface area contributed by atoms with Gasteiger partial charge >= 0.3 is 6.09 Å². The number of nitrogens with zero attached hydrogens (tertiary/aromatic N) is 5. The monoisotopic (exact) mass is 539 g/mol. The Balaban J connectivity index is 1.35. The van der Waals surface area contributed by atoms with Crippen molar-refractivity contribution in [3.05, 3.63) is 127 Å². The number of benzene rings is 3. The Hall–Kier alpha value is -5.37. The van der Waals surface area contributed by atoms with Crippen molar-refractivity contribution < 1.29 is 14.3 Å². The minimum atomic E-state index is -0.767. The van der Waals surface area contributed by atoms with Crippen LogP contribution in [0.1, 0.15) is 17.2 Å². The van der Waals surface area contributed by atoms with Crippen LogP contribution < -0.4 is 4.90 Å². The van der Waals surface area contributed by atoms with Gasteiger partial charge in [-0.2, -0.15) is 0 Å². The normalized spacial score (nSPS) is 20.4. The Morgan fingerprint density at radius 2 is 1.59 bits per heavy atom. The van der Waals surface area contributed by atoms with Crippen LogP contribution in [-0.2, 0) is 9.53 Å². The predicted molar refractivity (Wildman–Crippen MR) is 156 cm³/mol. The molecule has 5 aromatic rings. The van der Waals surface area contributed by atoms with Crippen molar-refractivity contribution in [3.63, 3.8) is 0 Å². The van der Waals surface area contributed by atoms with E-state index in [0.29, 0.717) is 11.6 Å². The lowest BCUT2D eigenvalue weighted by Crippen LogP contribution is -2.71. The van der Waals surface area contributed by atoms with E-state index in [9.17, 15) is 9.59 Å². The van der Waals surface area contributed by atoms with Crippen LogP contribution in [0, 0.1) is 0 Å². The molecule has 200 valence electrons. The molecule has 2 aromatic heterocycles. The molecule has 8 nitrogen and oxygen atoms in total. The number of carbonyl (C=O) groups excluding carboxylic acids is 2. The number of fused-ring (bicyclic) bond motifs is 1. The predicted octanol–water partition coefficient (Wildman–Crippen LogP) is 5.68. The Labute approximate surface area is 236 Å². The van der Waals surface area contributed by atoms with Crippen molar-refractivity contribution in [3.8, 4) is 11.4 Å². The number of hydrogen-bond acceptors (Lipinski definition) is 6. The van der Waals surface area contributed by atoms with Crippen LogP contribution in [0.3, 0.4) is 0 Å². The standard InChI is InChI=1S/C33H25N5O3/c39-32-29(37-28(21-41-33(37)40)23-11-3-1-4-12-23)27(18-17-22-10-9-19-34-20-22)38(32)31-25-15-7-8-16-26(25)35-30(36-31)24-13-5-2-6-14-24/h1-20,27-29H,21H2/b18-17+/t27-,28-,29-/m1/s1. The SMILES string of the molecule is O=C1[C@H](N2C(=O)OC[C@@H]2c2ccccc2)[C@@H](/C=C/c2cccnc2)N1c1nc(-c2ccccc2)nc2ccccc12. The topological polar surface area (TPSA) is 88.5 Å². The smallest absolute Gasteiger partial charge is 0.411 e. The minimum Gasteiger partial charge on any atom is -0.447 e. The van der Waals surface area contributed by atoms with Gasteiger partial charge in [0, 0.05) is 23.3 Å². The van der Waals surface area contributed by atoms with Gasteiger partial charge in [-0.15, -0.1) is 0 Å². The molecule has 2 amide bonds. The first-order chi connectivity index (χ1) is 20.2. The van der Waals surface area contributed by atoms with Crippen LogP contribution in [0.4, 0.5) is 10.6 Å². The number of pyridine rings is 1. The molecule has 2 saturated heterocycles. The highest BCUT2D eigenvalue weighted by atomic mass is 16.6. The summed E-state index contributed by atoms with van der Waals surface area (Å²) in [7, 11) is 0. The molecule has 0 bridgehead atoms. The van der Waals surface area contributed by atoms with Gasteiger partial charge in [0.2, 0.25) is 0 Å². The molecule has 2 aliphatic rings. The number of carbonyl (C=O) groups is 2. The Bertz CT molecular complexity index is 1760. The van der Waals surface area contributed by atoms with Gasteiger partial charge in [0.25, 0.3) is 5.91 Å². The average molecular weight is 540 g/mol. The lowest BCUT2D eigenvalue weighted by atomic mass is 9.90. The van der Waals surface area contributed by atoms with Gasteiger partial charge in [0.1, 0.15) is 18.5 Å². The molecule has 0 N–H and O–H groups in total. The average Bonchev–Trinajstić information content (AvgIpc) is 3.40. The second-order valence-electron chi connectivity index (χ2n) is 9.95. The van der Waals surface area contributed by atoms with E-state index in [4.69, 9.17) is 14.7 Å². The number of anilines is 1.